The van der Waals surface area contributed by atoms with Crippen molar-refractivity contribution in [1.82, 2.24) is 10.3 Å². The minimum absolute atomic E-state index is 0.106. The van der Waals surface area contributed by atoms with E-state index in [0.29, 0.717) is 5.92 Å². The molecule has 0 radical (unpaired) electrons. The Morgan fingerprint density at radius 3 is 2.48 bits per heavy atom. The van der Waals surface area contributed by atoms with Crippen molar-refractivity contribution in [2.24, 2.45) is 5.92 Å². The Balaban J connectivity index is 1.97. The Morgan fingerprint density at radius 1 is 1.04 bits per heavy atom. The summed E-state index contributed by atoms with van der Waals surface area (Å²) in [5.74, 6) is 0.589. The third-order valence-electron chi connectivity index (χ3n) is 3.98. The van der Waals surface area contributed by atoms with Gasteiger partial charge in [0.1, 0.15) is 0 Å². The molecule has 0 fully saturated rings. The van der Waals surface area contributed by atoms with Crippen LogP contribution in [0.2, 0.25) is 0 Å². The first-order valence-electron chi connectivity index (χ1n) is 8.05. The van der Waals surface area contributed by atoms with Gasteiger partial charge in [0.25, 0.3) is 0 Å². The first kappa shape index (κ1) is 15.5. The zero-order valence-corrected chi connectivity index (χ0v) is 13.5. The predicted octanol–water partition coefficient (Wildman–Crippen LogP) is 4.34. The van der Waals surface area contributed by atoms with Gasteiger partial charge < -0.3 is 10.3 Å². The van der Waals surface area contributed by atoms with Gasteiger partial charge in [-0.3, -0.25) is 4.79 Å². The summed E-state index contributed by atoms with van der Waals surface area (Å²) in [5, 5.41) is 4.40. The fraction of sp³-hybridized carbons (Fsp3) is 0.250. The lowest BCUT2D eigenvalue weighted by Crippen LogP contribution is -2.31. The largest absolute Gasteiger partial charge is 0.360 e. The normalized spacial score (nSPS) is 12.7. The van der Waals surface area contributed by atoms with E-state index >= 15 is 0 Å². The van der Waals surface area contributed by atoms with Crippen molar-refractivity contribution in [1.29, 1.82) is 0 Å². The Kier molecular flexibility index (Phi) is 4.58. The number of para-hydroxylation sites is 1. The van der Waals surface area contributed by atoms with Gasteiger partial charge >= 0.3 is 0 Å². The van der Waals surface area contributed by atoms with Crippen LogP contribution >= 0.6 is 0 Å². The maximum absolute atomic E-state index is 13.2. The lowest BCUT2D eigenvalue weighted by molar-refractivity contribution is 0.0943. The van der Waals surface area contributed by atoms with Gasteiger partial charge in [-0.1, -0.05) is 62.4 Å². The SMILES string of the molecule is CC(C)CN[C@H](C(=O)c1c[nH]c2ccccc12)c1ccccc1. The molecule has 0 spiro atoms. The summed E-state index contributed by atoms with van der Waals surface area (Å²) in [6.07, 6.45) is 1.82. The molecule has 0 aliphatic heterocycles. The third kappa shape index (κ3) is 3.35. The van der Waals surface area contributed by atoms with Gasteiger partial charge in [0.2, 0.25) is 0 Å². The van der Waals surface area contributed by atoms with Gasteiger partial charge in [0.05, 0.1) is 6.04 Å². The summed E-state index contributed by atoms with van der Waals surface area (Å²) in [4.78, 5) is 16.3. The van der Waals surface area contributed by atoms with Crippen LogP contribution in [0.25, 0.3) is 10.9 Å². The van der Waals surface area contributed by atoms with Crippen LogP contribution in [0.5, 0.6) is 0 Å². The number of fused-ring (bicyclic) bond motifs is 1. The van der Waals surface area contributed by atoms with E-state index in [0.717, 1.165) is 28.6 Å². The van der Waals surface area contributed by atoms with E-state index in [9.17, 15) is 4.79 Å². The molecule has 23 heavy (non-hydrogen) atoms. The molecule has 3 rings (SSSR count). The average Bonchev–Trinajstić information content (AvgIpc) is 2.99. The minimum atomic E-state index is -0.321. The van der Waals surface area contributed by atoms with Crippen molar-refractivity contribution in [3.05, 3.63) is 71.9 Å². The highest BCUT2D eigenvalue weighted by Gasteiger charge is 2.23. The molecule has 1 aromatic heterocycles. The summed E-state index contributed by atoms with van der Waals surface area (Å²) in [6, 6.07) is 17.5. The van der Waals surface area contributed by atoms with Gasteiger partial charge in [0.15, 0.2) is 5.78 Å². The van der Waals surface area contributed by atoms with Gasteiger partial charge in [-0.15, -0.1) is 0 Å². The van der Waals surface area contributed by atoms with Crippen molar-refractivity contribution in [2.45, 2.75) is 19.9 Å². The van der Waals surface area contributed by atoms with E-state index in [-0.39, 0.29) is 11.8 Å². The number of nitrogens with one attached hydrogen (secondary N) is 2. The molecule has 0 saturated carbocycles. The summed E-state index contributed by atoms with van der Waals surface area (Å²) in [7, 11) is 0. The van der Waals surface area contributed by atoms with E-state index in [1.54, 1.807) is 0 Å². The average molecular weight is 306 g/mol. The highest BCUT2D eigenvalue weighted by molar-refractivity contribution is 6.10. The Labute approximate surface area is 136 Å². The standard InChI is InChI=1S/C20H22N2O/c1-14(2)12-22-19(15-8-4-3-5-9-15)20(23)17-13-21-18-11-7-6-10-16(17)18/h3-11,13-14,19,21-22H,12H2,1-2H3/t19-/m0/s1. The highest BCUT2D eigenvalue weighted by atomic mass is 16.1. The van der Waals surface area contributed by atoms with Crippen molar-refractivity contribution in [3.63, 3.8) is 0 Å². The fourth-order valence-corrected chi connectivity index (χ4v) is 2.79. The molecule has 2 N–H and O–H groups in total. The van der Waals surface area contributed by atoms with Crippen molar-refractivity contribution < 1.29 is 4.79 Å². The maximum atomic E-state index is 13.2. The van der Waals surface area contributed by atoms with Crippen molar-refractivity contribution in [3.8, 4) is 0 Å². The second-order valence-corrected chi connectivity index (χ2v) is 6.26. The number of carbonyl (C=O) groups is 1. The molecule has 0 aliphatic carbocycles. The number of benzene rings is 2. The Morgan fingerprint density at radius 2 is 1.74 bits per heavy atom. The molecular formula is C20H22N2O. The quantitative estimate of drug-likeness (QED) is 0.665. The lowest BCUT2D eigenvalue weighted by Gasteiger charge is -2.19. The molecule has 1 heterocycles. The number of hydrogen-bond acceptors (Lipinski definition) is 2. The molecule has 3 heteroatoms. The zero-order chi connectivity index (χ0) is 16.2. The van der Waals surface area contributed by atoms with Crippen molar-refractivity contribution in [2.75, 3.05) is 6.54 Å². The van der Waals surface area contributed by atoms with Crippen LogP contribution in [0, 0.1) is 5.92 Å². The molecule has 1 atom stereocenters. The highest BCUT2D eigenvalue weighted by Crippen LogP contribution is 2.24. The molecule has 3 nitrogen and oxygen atoms in total. The first-order valence-corrected chi connectivity index (χ1v) is 8.05. The predicted molar refractivity (Wildman–Crippen MR) is 94.7 cm³/mol. The van der Waals surface area contributed by atoms with E-state index < -0.39 is 0 Å². The summed E-state index contributed by atoms with van der Waals surface area (Å²) in [5.41, 5.74) is 2.74. The number of aromatic amines is 1. The smallest absolute Gasteiger partial charge is 0.186 e. The Bertz CT molecular complexity index is 790. The van der Waals surface area contributed by atoms with Crippen LogP contribution in [0.4, 0.5) is 0 Å². The molecule has 0 amide bonds. The van der Waals surface area contributed by atoms with Gasteiger partial charge in [0, 0.05) is 22.7 Å². The number of H-pyrrole nitrogens is 1. The van der Waals surface area contributed by atoms with Crippen molar-refractivity contribution >= 4 is 16.7 Å². The van der Waals surface area contributed by atoms with Crippen LogP contribution in [0.3, 0.4) is 0 Å². The van der Waals surface area contributed by atoms with Gasteiger partial charge in [-0.05, 0) is 24.1 Å². The monoisotopic (exact) mass is 306 g/mol. The van der Waals surface area contributed by atoms with Crippen LogP contribution in [0.1, 0.15) is 35.8 Å². The number of carbonyl (C=O) groups excluding carboxylic acids is 1. The van der Waals surface area contributed by atoms with E-state index in [1.807, 2.05) is 60.8 Å². The lowest BCUT2D eigenvalue weighted by atomic mass is 9.96. The van der Waals surface area contributed by atoms with Crippen LogP contribution in [-0.4, -0.2) is 17.3 Å². The summed E-state index contributed by atoms with van der Waals surface area (Å²) >= 11 is 0. The number of ketones is 1. The number of Topliss-reactive ketones (excluding diaryl/α,β-unsaturated/α-hetero) is 1. The van der Waals surface area contributed by atoms with Crippen LogP contribution < -0.4 is 5.32 Å². The minimum Gasteiger partial charge on any atom is -0.360 e. The van der Waals surface area contributed by atoms with Crippen LogP contribution in [-0.2, 0) is 0 Å². The molecule has 0 aliphatic rings. The van der Waals surface area contributed by atoms with E-state index in [1.165, 1.54) is 0 Å². The second-order valence-electron chi connectivity index (χ2n) is 6.26. The molecule has 0 saturated heterocycles. The van der Waals surface area contributed by atoms with Gasteiger partial charge in [-0.25, -0.2) is 0 Å². The number of aromatic nitrogens is 1. The number of rotatable bonds is 6. The van der Waals surface area contributed by atoms with Crippen LogP contribution in [0.15, 0.2) is 60.8 Å². The zero-order valence-electron chi connectivity index (χ0n) is 13.5. The summed E-state index contributed by atoms with van der Waals surface area (Å²) < 4.78 is 0. The fourth-order valence-electron chi connectivity index (χ4n) is 2.79. The molecule has 0 bridgehead atoms. The van der Waals surface area contributed by atoms with E-state index in [2.05, 4.69) is 24.1 Å². The molecule has 118 valence electrons. The van der Waals surface area contributed by atoms with Gasteiger partial charge in [-0.2, -0.15) is 0 Å². The maximum Gasteiger partial charge on any atom is 0.186 e. The van der Waals surface area contributed by atoms with E-state index in [4.69, 9.17) is 0 Å². The molecule has 0 unspecified atom stereocenters. The summed E-state index contributed by atoms with van der Waals surface area (Å²) in [6.45, 7) is 5.09. The second kappa shape index (κ2) is 6.80. The number of hydrogen-bond donors (Lipinski definition) is 2. The molecule has 2 aromatic carbocycles. The molecular weight excluding hydrogens is 284 g/mol. The topological polar surface area (TPSA) is 44.9 Å². The first-order chi connectivity index (χ1) is 11.2. The Hall–Kier alpha value is -2.39. The molecule has 3 aromatic rings. The third-order valence-corrected chi connectivity index (χ3v) is 3.98.